The van der Waals surface area contributed by atoms with E-state index in [4.69, 9.17) is 9.79 Å². The van der Waals surface area contributed by atoms with Crippen molar-refractivity contribution in [1.82, 2.24) is 15.1 Å². The molecule has 0 unspecified atom stereocenters. The lowest BCUT2D eigenvalue weighted by molar-refractivity contribution is -0.137. The van der Waals surface area contributed by atoms with Gasteiger partial charge in [0.15, 0.2) is 0 Å². The van der Waals surface area contributed by atoms with Gasteiger partial charge in [-0.1, -0.05) is 12.1 Å². The van der Waals surface area contributed by atoms with Crippen molar-refractivity contribution in [2.75, 3.05) is 33.3 Å². The molecule has 12 heteroatoms. The van der Waals surface area contributed by atoms with Crippen LogP contribution in [0.1, 0.15) is 36.3 Å². The van der Waals surface area contributed by atoms with Gasteiger partial charge in [-0.15, -0.1) is 0 Å². The molecule has 174 valence electrons. The molecule has 0 bridgehead atoms. The first kappa shape index (κ1) is 25.2. The fraction of sp³-hybridized carbons (Fsp3) is 0.579. The van der Waals surface area contributed by atoms with E-state index in [1.54, 1.807) is 0 Å². The maximum absolute atomic E-state index is 12.9. The number of benzene rings is 1. The van der Waals surface area contributed by atoms with Crippen molar-refractivity contribution in [3.63, 3.8) is 0 Å². The third-order valence-corrected chi connectivity index (χ3v) is 6.07. The molecule has 0 aromatic heterocycles. The lowest BCUT2D eigenvalue weighted by Crippen LogP contribution is -2.52. The Bertz CT molecular complexity index is 818. The van der Waals surface area contributed by atoms with Crippen LogP contribution in [0, 0.1) is 0 Å². The topological polar surface area (TPSA) is 110 Å². The molecule has 1 aromatic rings. The van der Waals surface area contributed by atoms with Crippen molar-refractivity contribution in [3.8, 4) is 0 Å². The SMILES string of the molecule is CN(C)C(=O)N[C@@H](CCP(=O)(O)O)C(=O)N1CCC(c2ccc(C(F)(F)F)cc2)CC1. The highest BCUT2D eigenvalue weighted by atomic mass is 31.2. The first-order chi connectivity index (χ1) is 14.3. The van der Waals surface area contributed by atoms with Crippen molar-refractivity contribution in [2.45, 2.75) is 37.4 Å². The molecule has 1 aromatic carbocycles. The van der Waals surface area contributed by atoms with Gasteiger partial charge in [-0.05, 0) is 42.9 Å². The summed E-state index contributed by atoms with van der Waals surface area (Å²) in [7, 11) is -1.39. The first-order valence-corrected chi connectivity index (χ1v) is 11.6. The molecule has 1 atom stereocenters. The Morgan fingerprint density at radius 2 is 1.74 bits per heavy atom. The molecule has 1 heterocycles. The van der Waals surface area contributed by atoms with Crippen molar-refractivity contribution < 1.29 is 37.1 Å². The molecule has 1 aliphatic rings. The van der Waals surface area contributed by atoms with E-state index in [0.29, 0.717) is 25.9 Å². The molecule has 3 amide bonds. The molecule has 1 saturated heterocycles. The molecule has 1 fully saturated rings. The molecule has 31 heavy (non-hydrogen) atoms. The summed E-state index contributed by atoms with van der Waals surface area (Å²) in [5.41, 5.74) is 0.0486. The summed E-state index contributed by atoms with van der Waals surface area (Å²) in [4.78, 5) is 45.8. The number of nitrogens with one attached hydrogen (secondary N) is 1. The van der Waals surface area contributed by atoms with E-state index < -0.39 is 43.5 Å². The van der Waals surface area contributed by atoms with Gasteiger partial charge in [0.1, 0.15) is 6.04 Å². The van der Waals surface area contributed by atoms with Crippen LogP contribution < -0.4 is 5.32 Å². The first-order valence-electron chi connectivity index (χ1n) is 9.76. The summed E-state index contributed by atoms with van der Waals surface area (Å²) in [5, 5.41) is 2.50. The molecule has 2 rings (SSSR count). The lowest BCUT2D eigenvalue weighted by Gasteiger charge is -2.35. The van der Waals surface area contributed by atoms with Crippen LogP contribution in [0.3, 0.4) is 0 Å². The Morgan fingerprint density at radius 3 is 2.19 bits per heavy atom. The molecular formula is C19H27F3N3O5P. The van der Waals surface area contributed by atoms with Crippen LogP contribution in [0.25, 0.3) is 0 Å². The quantitative estimate of drug-likeness (QED) is 0.560. The molecule has 0 aliphatic carbocycles. The monoisotopic (exact) mass is 465 g/mol. The van der Waals surface area contributed by atoms with Crippen LogP contribution in [-0.2, 0) is 15.5 Å². The number of halogens is 3. The standard InChI is InChI=1S/C19H27F3N3O5P/c1-24(2)18(27)23-16(9-12-31(28,29)30)17(26)25-10-7-14(8-11-25)13-3-5-15(6-4-13)19(20,21)22/h3-6,14,16H,7-12H2,1-2H3,(H,23,27)(H2,28,29,30)/t16-/m0/s1. The van der Waals surface area contributed by atoms with E-state index in [0.717, 1.165) is 17.7 Å². The smallest absolute Gasteiger partial charge is 0.341 e. The molecule has 0 spiro atoms. The molecule has 8 nitrogen and oxygen atoms in total. The third kappa shape index (κ3) is 7.52. The van der Waals surface area contributed by atoms with Gasteiger partial charge in [-0.3, -0.25) is 9.36 Å². The minimum absolute atomic E-state index is 0.00347. The van der Waals surface area contributed by atoms with Gasteiger partial charge in [-0.2, -0.15) is 13.2 Å². The van der Waals surface area contributed by atoms with Gasteiger partial charge in [0.05, 0.1) is 11.7 Å². The predicted octanol–water partition coefficient (Wildman–Crippen LogP) is 2.62. The number of urea groups is 1. The Labute approximate surface area is 178 Å². The number of carbonyl (C=O) groups excluding carboxylic acids is 2. The molecule has 0 saturated carbocycles. The zero-order valence-corrected chi connectivity index (χ0v) is 18.2. The van der Waals surface area contributed by atoms with Crippen LogP contribution in [-0.4, -0.2) is 70.9 Å². The van der Waals surface area contributed by atoms with Crippen LogP contribution >= 0.6 is 7.60 Å². The summed E-state index contributed by atoms with van der Waals surface area (Å²) < 4.78 is 49.4. The van der Waals surface area contributed by atoms with Crippen molar-refractivity contribution in [3.05, 3.63) is 35.4 Å². The van der Waals surface area contributed by atoms with Gasteiger partial charge in [0.25, 0.3) is 0 Å². The fourth-order valence-corrected chi connectivity index (χ4v) is 4.03. The van der Waals surface area contributed by atoms with Crippen LogP contribution in [0.4, 0.5) is 18.0 Å². The summed E-state index contributed by atoms with van der Waals surface area (Å²) in [6.45, 7) is 0.656. The molecule has 0 radical (unpaired) electrons. The average molecular weight is 465 g/mol. The Balaban J connectivity index is 2.01. The van der Waals surface area contributed by atoms with Crippen molar-refractivity contribution in [1.29, 1.82) is 0 Å². The zero-order valence-electron chi connectivity index (χ0n) is 17.3. The average Bonchev–Trinajstić information content (AvgIpc) is 2.69. The molecule has 3 N–H and O–H groups in total. The highest BCUT2D eigenvalue weighted by Gasteiger charge is 2.33. The number of hydrogen-bond donors (Lipinski definition) is 3. The fourth-order valence-electron chi connectivity index (χ4n) is 3.43. The number of hydrogen-bond acceptors (Lipinski definition) is 3. The molecule has 1 aliphatic heterocycles. The summed E-state index contributed by atoms with van der Waals surface area (Å²) >= 11 is 0. The predicted molar refractivity (Wildman–Crippen MR) is 108 cm³/mol. The van der Waals surface area contributed by atoms with Gasteiger partial charge in [-0.25, -0.2) is 4.79 Å². The van der Waals surface area contributed by atoms with E-state index in [9.17, 15) is 27.3 Å². The Hall–Kier alpha value is -2.10. The van der Waals surface area contributed by atoms with Gasteiger partial charge in [0, 0.05) is 27.2 Å². The van der Waals surface area contributed by atoms with Crippen LogP contribution in [0.5, 0.6) is 0 Å². The molecular weight excluding hydrogens is 438 g/mol. The summed E-state index contributed by atoms with van der Waals surface area (Å²) in [5.74, 6) is -0.439. The summed E-state index contributed by atoms with van der Waals surface area (Å²) in [6.07, 6.45) is -4.08. The lowest BCUT2D eigenvalue weighted by atomic mass is 9.88. The number of likely N-dealkylation sites (tertiary alicyclic amines) is 1. The second-order valence-corrected chi connectivity index (χ2v) is 9.57. The maximum Gasteiger partial charge on any atom is 0.416 e. The van der Waals surface area contributed by atoms with E-state index >= 15 is 0 Å². The van der Waals surface area contributed by atoms with E-state index in [2.05, 4.69) is 5.32 Å². The van der Waals surface area contributed by atoms with E-state index in [1.807, 2.05) is 0 Å². The van der Waals surface area contributed by atoms with Crippen LogP contribution in [0.2, 0.25) is 0 Å². The highest BCUT2D eigenvalue weighted by Crippen LogP contribution is 2.36. The highest BCUT2D eigenvalue weighted by molar-refractivity contribution is 7.51. The minimum atomic E-state index is -4.40. The van der Waals surface area contributed by atoms with Crippen molar-refractivity contribution >= 4 is 19.5 Å². The zero-order chi connectivity index (χ0) is 23.4. The summed E-state index contributed by atoms with van der Waals surface area (Å²) in [6, 6.07) is 3.36. The second kappa shape index (κ2) is 10.0. The van der Waals surface area contributed by atoms with E-state index in [-0.39, 0.29) is 12.3 Å². The Kier molecular flexibility index (Phi) is 8.13. The number of rotatable bonds is 6. The number of amides is 3. The number of nitrogens with zero attached hydrogens (tertiary/aromatic N) is 2. The van der Waals surface area contributed by atoms with Crippen molar-refractivity contribution in [2.24, 2.45) is 0 Å². The van der Waals surface area contributed by atoms with E-state index in [1.165, 1.54) is 36.0 Å². The van der Waals surface area contributed by atoms with Gasteiger partial charge in [0.2, 0.25) is 5.91 Å². The Morgan fingerprint density at radius 1 is 1.19 bits per heavy atom. The largest absolute Gasteiger partial charge is 0.416 e. The van der Waals surface area contributed by atoms with Crippen LogP contribution in [0.15, 0.2) is 24.3 Å². The number of alkyl halides is 3. The second-order valence-electron chi connectivity index (χ2n) is 7.79. The van der Waals surface area contributed by atoms with Gasteiger partial charge < -0.3 is 24.9 Å². The maximum atomic E-state index is 12.9. The van der Waals surface area contributed by atoms with Gasteiger partial charge >= 0.3 is 19.8 Å². The minimum Gasteiger partial charge on any atom is -0.341 e. The number of carbonyl (C=O) groups is 2. The normalized spacial score (nSPS) is 16.7. The third-order valence-electron chi connectivity index (χ3n) is 5.23. The number of piperidine rings is 1.